The molecule has 1 N–H and O–H groups in total. The Morgan fingerprint density at radius 1 is 1.21 bits per heavy atom. The summed E-state index contributed by atoms with van der Waals surface area (Å²) in [6.07, 6.45) is 8.70. The van der Waals surface area contributed by atoms with Crippen LogP contribution >= 0.6 is 0 Å². The number of pyridine rings is 1. The van der Waals surface area contributed by atoms with E-state index in [0.717, 1.165) is 29.8 Å². The molecular formula is C24H26N4O. The molecule has 4 rings (SSSR count). The van der Waals surface area contributed by atoms with Crippen molar-refractivity contribution in [2.75, 3.05) is 0 Å². The van der Waals surface area contributed by atoms with Crippen LogP contribution in [0.25, 0.3) is 11.8 Å². The first-order valence-corrected chi connectivity index (χ1v) is 9.95. The van der Waals surface area contributed by atoms with Crippen LogP contribution in [0.4, 0.5) is 0 Å². The van der Waals surface area contributed by atoms with Gasteiger partial charge in [-0.05, 0) is 55.5 Å². The van der Waals surface area contributed by atoms with Crippen LogP contribution in [-0.4, -0.2) is 20.7 Å². The lowest BCUT2D eigenvalue weighted by molar-refractivity contribution is -0.117. The van der Waals surface area contributed by atoms with Crippen LogP contribution in [0.3, 0.4) is 0 Å². The Labute approximate surface area is 171 Å². The van der Waals surface area contributed by atoms with Gasteiger partial charge in [-0.15, -0.1) is 0 Å². The molecule has 0 bridgehead atoms. The van der Waals surface area contributed by atoms with E-state index in [2.05, 4.69) is 60.4 Å². The lowest BCUT2D eigenvalue weighted by atomic mass is 9.74. The third-order valence-electron chi connectivity index (χ3n) is 5.37. The van der Waals surface area contributed by atoms with Crippen molar-refractivity contribution in [1.29, 1.82) is 0 Å². The van der Waals surface area contributed by atoms with Crippen molar-refractivity contribution in [3.63, 3.8) is 0 Å². The molecule has 29 heavy (non-hydrogen) atoms. The van der Waals surface area contributed by atoms with Gasteiger partial charge in [-0.1, -0.05) is 37.6 Å². The number of aromatic nitrogens is 3. The molecule has 0 saturated heterocycles. The molecule has 1 amide bonds. The molecule has 0 radical (unpaired) electrons. The molecule has 0 saturated carbocycles. The number of aryl methyl sites for hydroxylation is 1. The van der Waals surface area contributed by atoms with Gasteiger partial charge in [0.05, 0.1) is 29.3 Å². The highest BCUT2D eigenvalue weighted by Gasteiger charge is 2.35. The first-order valence-electron chi connectivity index (χ1n) is 9.95. The molecule has 1 atom stereocenters. The van der Waals surface area contributed by atoms with Gasteiger partial charge in [0.25, 0.3) is 0 Å². The number of carbonyl (C=O) groups excluding carboxylic acids is 1. The molecule has 5 nitrogen and oxygen atoms in total. The van der Waals surface area contributed by atoms with Gasteiger partial charge in [0.1, 0.15) is 0 Å². The van der Waals surface area contributed by atoms with E-state index >= 15 is 0 Å². The zero-order chi connectivity index (χ0) is 20.4. The molecular weight excluding hydrogens is 360 g/mol. The van der Waals surface area contributed by atoms with Gasteiger partial charge in [-0.25, -0.2) is 4.68 Å². The second-order valence-corrected chi connectivity index (χ2v) is 8.49. The Morgan fingerprint density at radius 2 is 2.00 bits per heavy atom. The van der Waals surface area contributed by atoms with Crippen molar-refractivity contribution < 1.29 is 4.79 Å². The lowest BCUT2D eigenvalue weighted by Crippen LogP contribution is -2.36. The van der Waals surface area contributed by atoms with Gasteiger partial charge in [-0.2, -0.15) is 5.10 Å². The molecule has 3 aromatic rings. The van der Waals surface area contributed by atoms with Gasteiger partial charge in [-0.3, -0.25) is 9.78 Å². The third-order valence-corrected chi connectivity index (χ3v) is 5.37. The highest BCUT2D eigenvalue weighted by Crippen LogP contribution is 2.41. The predicted molar refractivity (Wildman–Crippen MR) is 115 cm³/mol. The zero-order valence-corrected chi connectivity index (χ0v) is 17.1. The summed E-state index contributed by atoms with van der Waals surface area (Å²) in [5.41, 5.74) is 5.38. The van der Waals surface area contributed by atoms with Crippen molar-refractivity contribution in [3.05, 3.63) is 83.4 Å². The second-order valence-electron chi connectivity index (χ2n) is 8.49. The number of hydrogen-bond donors (Lipinski definition) is 1. The maximum atomic E-state index is 12.6. The number of nitrogens with one attached hydrogen (secondary N) is 1. The first kappa shape index (κ1) is 19.1. The molecule has 148 valence electrons. The van der Waals surface area contributed by atoms with E-state index in [-0.39, 0.29) is 17.4 Å². The van der Waals surface area contributed by atoms with E-state index in [0.29, 0.717) is 0 Å². The molecule has 2 aromatic heterocycles. The Hall–Kier alpha value is -3.21. The Bertz CT molecular complexity index is 1030. The number of hydrogen-bond acceptors (Lipinski definition) is 3. The average Bonchev–Trinajstić information content (AvgIpc) is 3.10. The Kier molecular flexibility index (Phi) is 5.05. The van der Waals surface area contributed by atoms with E-state index in [1.807, 2.05) is 29.1 Å². The van der Waals surface area contributed by atoms with Crippen LogP contribution in [0.5, 0.6) is 0 Å². The maximum Gasteiger partial charge on any atom is 0.244 e. The Balaban J connectivity index is 1.59. The molecule has 0 unspecified atom stereocenters. The smallest absolute Gasteiger partial charge is 0.244 e. The summed E-state index contributed by atoms with van der Waals surface area (Å²) in [5, 5.41) is 7.82. The van der Waals surface area contributed by atoms with Gasteiger partial charge in [0, 0.05) is 17.8 Å². The topological polar surface area (TPSA) is 59.8 Å². The van der Waals surface area contributed by atoms with E-state index in [1.54, 1.807) is 18.3 Å². The quantitative estimate of drug-likeness (QED) is 0.675. The number of benzene rings is 1. The SMILES string of the molecule is Cc1ccc(-n2ncc3c2CC(C)(C)C[C@H]3NC(=O)/C=C/c2ccccn2)cc1. The minimum absolute atomic E-state index is 0.0613. The summed E-state index contributed by atoms with van der Waals surface area (Å²) in [6, 6.07) is 13.9. The number of nitrogens with zero attached hydrogens (tertiary/aromatic N) is 3. The summed E-state index contributed by atoms with van der Waals surface area (Å²) in [7, 11) is 0. The van der Waals surface area contributed by atoms with E-state index in [1.165, 1.54) is 11.3 Å². The van der Waals surface area contributed by atoms with Crippen LogP contribution in [0.2, 0.25) is 0 Å². The predicted octanol–water partition coefficient (Wildman–Crippen LogP) is 4.42. The zero-order valence-electron chi connectivity index (χ0n) is 17.1. The minimum atomic E-state index is -0.118. The van der Waals surface area contributed by atoms with Gasteiger partial charge in [0.2, 0.25) is 5.91 Å². The standard InChI is InChI=1S/C24H26N4O/c1-17-7-10-19(11-8-17)28-22-15-24(2,3)14-21(20(22)16-26-28)27-23(29)12-9-18-6-4-5-13-25-18/h4-13,16,21H,14-15H2,1-3H3,(H,27,29)/b12-9+/t21-/m1/s1. The van der Waals surface area contributed by atoms with Gasteiger partial charge < -0.3 is 5.32 Å². The highest BCUT2D eigenvalue weighted by atomic mass is 16.1. The normalized spacial score (nSPS) is 17.8. The highest BCUT2D eigenvalue weighted by molar-refractivity contribution is 5.91. The van der Waals surface area contributed by atoms with Crippen molar-refractivity contribution >= 4 is 12.0 Å². The van der Waals surface area contributed by atoms with Crippen molar-refractivity contribution in [2.24, 2.45) is 5.41 Å². The monoisotopic (exact) mass is 386 g/mol. The fraction of sp³-hybridized carbons (Fsp3) is 0.292. The third kappa shape index (κ3) is 4.29. The molecule has 5 heteroatoms. The van der Waals surface area contributed by atoms with E-state index in [4.69, 9.17) is 0 Å². The number of amides is 1. The fourth-order valence-electron chi connectivity index (χ4n) is 3.94. The van der Waals surface area contributed by atoms with Crippen LogP contribution in [0, 0.1) is 12.3 Å². The lowest BCUT2D eigenvalue weighted by Gasteiger charge is -2.35. The van der Waals surface area contributed by atoms with Crippen LogP contribution in [-0.2, 0) is 11.2 Å². The average molecular weight is 386 g/mol. The molecule has 2 heterocycles. The van der Waals surface area contributed by atoms with Crippen LogP contribution in [0.1, 0.15) is 48.8 Å². The number of rotatable bonds is 4. The molecule has 0 fully saturated rings. The van der Waals surface area contributed by atoms with E-state index in [9.17, 15) is 4.79 Å². The van der Waals surface area contributed by atoms with Crippen molar-refractivity contribution in [3.8, 4) is 5.69 Å². The number of carbonyl (C=O) groups is 1. The summed E-state index contributed by atoms with van der Waals surface area (Å²) < 4.78 is 2.01. The summed E-state index contributed by atoms with van der Waals surface area (Å²) >= 11 is 0. The molecule has 0 spiro atoms. The van der Waals surface area contributed by atoms with Crippen LogP contribution < -0.4 is 5.32 Å². The van der Waals surface area contributed by atoms with Gasteiger partial charge in [0.15, 0.2) is 0 Å². The molecule has 1 aliphatic rings. The van der Waals surface area contributed by atoms with Crippen molar-refractivity contribution in [2.45, 2.75) is 39.7 Å². The van der Waals surface area contributed by atoms with E-state index < -0.39 is 0 Å². The van der Waals surface area contributed by atoms with Gasteiger partial charge >= 0.3 is 0 Å². The largest absolute Gasteiger partial charge is 0.346 e. The second kappa shape index (κ2) is 7.66. The summed E-state index contributed by atoms with van der Waals surface area (Å²) in [6.45, 7) is 6.56. The molecule has 0 aliphatic heterocycles. The molecule has 1 aromatic carbocycles. The maximum absolute atomic E-state index is 12.6. The Morgan fingerprint density at radius 3 is 2.72 bits per heavy atom. The van der Waals surface area contributed by atoms with Crippen LogP contribution in [0.15, 0.2) is 60.9 Å². The summed E-state index contributed by atoms with van der Waals surface area (Å²) in [5.74, 6) is -0.118. The van der Waals surface area contributed by atoms with Crippen molar-refractivity contribution in [1.82, 2.24) is 20.1 Å². The first-order chi connectivity index (χ1) is 13.9. The molecule has 1 aliphatic carbocycles. The summed E-state index contributed by atoms with van der Waals surface area (Å²) in [4.78, 5) is 16.8. The minimum Gasteiger partial charge on any atom is -0.346 e. The fourth-order valence-corrected chi connectivity index (χ4v) is 3.94. The number of fused-ring (bicyclic) bond motifs is 1.